The second-order valence-corrected chi connectivity index (χ2v) is 7.01. The van der Waals surface area contributed by atoms with Crippen LogP contribution >= 0.6 is 0 Å². The number of rotatable bonds is 5. The maximum absolute atomic E-state index is 12.9. The van der Waals surface area contributed by atoms with Crippen LogP contribution in [0.15, 0.2) is 60.7 Å². The molecule has 1 atom stereocenters. The molecule has 0 radical (unpaired) electrons. The first-order valence-electron chi connectivity index (χ1n) is 9.34. The Morgan fingerprint density at radius 3 is 2.71 bits per heavy atom. The number of nitrogens with zero attached hydrogens (tertiary/aromatic N) is 1. The van der Waals surface area contributed by atoms with Gasteiger partial charge in [-0.15, -0.1) is 0 Å². The molecule has 3 aromatic rings. The minimum Gasteiger partial charge on any atom is -0.491 e. The van der Waals surface area contributed by atoms with Crippen molar-refractivity contribution in [1.82, 2.24) is 5.32 Å². The molecule has 0 saturated heterocycles. The van der Waals surface area contributed by atoms with Crippen LogP contribution in [0.3, 0.4) is 0 Å². The highest BCUT2D eigenvalue weighted by Crippen LogP contribution is 2.36. The molecule has 0 bridgehead atoms. The summed E-state index contributed by atoms with van der Waals surface area (Å²) in [5.74, 6) is 0.448. The fraction of sp³-hybridized carbons (Fsp3) is 0.217. The maximum atomic E-state index is 12.9. The Morgan fingerprint density at radius 1 is 1.11 bits per heavy atom. The van der Waals surface area contributed by atoms with Gasteiger partial charge in [0.15, 0.2) is 0 Å². The zero-order valence-corrected chi connectivity index (χ0v) is 15.9. The van der Waals surface area contributed by atoms with Gasteiger partial charge in [0.05, 0.1) is 6.54 Å². The highest BCUT2D eigenvalue weighted by Gasteiger charge is 2.37. The van der Waals surface area contributed by atoms with Crippen LogP contribution in [0.2, 0.25) is 0 Å². The van der Waals surface area contributed by atoms with Gasteiger partial charge < -0.3 is 15.0 Å². The Kier molecular flexibility index (Phi) is 4.74. The summed E-state index contributed by atoms with van der Waals surface area (Å²) in [4.78, 5) is 26.2. The average Bonchev–Trinajstić information content (AvgIpc) is 2.93. The normalized spacial score (nSPS) is 15.6. The molecule has 3 aromatic carbocycles. The predicted molar refractivity (Wildman–Crippen MR) is 110 cm³/mol. The third-order valence-electron chi connectivity index (χ3n) is 4.97. The van der Waals surface area contributed by atoms with Gasteiger partial charge >= 0.3 is 0 Å². The Balaban J connectivity index is 1.53. The largest absolute Gasteiger partial charge is 0.491 e. The number of carbonyl (C=O) groups is 2. The fourth-order valence-corrected chi connectivity index (χ4v) is 3.70. The van der Waals surface area contributed by atoms with Crippen molar-refractivity contribution in [3.05, 3.63) is 71.8 Å². The Labute approximate surface area is 163 Å². The van der Waals surface area contributed by atoms with Gasteiger partial charge in [0.1, 0.15) is 18.4 Å². The number of hydrogen-bond donors (Lipinski definition) is 1. The molecule has 0 aliphatic carbocycles. The maximum Gasteiger partial charge on any atom is 0.254 e. The molecular weight excluding hydrogens is 352 g/mol. The number of ether oxygens (including phenoxy) is 1. The SMILES string of the molecule is CC(=O)N[C@@H]1C(=O)N(CCOc2cccc3ccccc23)c2ccc(C)cc21. The van der Waals surface area contributed by atoms with Crippen molar-refractivity contribution in [1.29, 1.82) is 0 Å². The van der Waals surface area contributed by atoms with Crippen LogP contribution in [-0.2, 0) is 9.59 Å². The molecule has 1 aliphatic rings. The first-order chi connectivity index (χ1) is 13.5. The van der Waals surface area contributed by atoms with E-state index in [1.165, 1.54) is 6.92 Å². The first kappa shape index (κ1) is 18.0. The van der Waals surface area contributed by atoms with Gasteiger partial charge in [-0.05, 0) is 24.4 Å². The third-order valence-corrected chi connectivity index (χ3v) is 4.97. The predicted octanol–water partition coefficient (Wildman–Crippen LogP) is 3.75. The summed E-state index contributed by atoms with van der Waals surface area (Å²) >= 11 is 0. The zero-order chi connectivity index (χ0) is 19.7. The van der Waals surface area contributed by atoms with Crippen molar-refractivity contribution in [3.63, 3.8) is 0 Å². The van der Waals surface area contributed by atoms with E-state index in [-0.39, 0.29) is 11.8 Å². The van der Waals surface area contributed by atoms with Crippen molar-refractivity contribution in [2.24, 2.45) is 0 Å². The van der Waals surface area contributed by atoms with E-state index in [4.69, 9.17) is 4.74 Å². The molecule has 5 nitrogen and oxygen atoms in total. The van der Waals surface area contributed by atoms with Gasteiger partial charge in [-0.2, -0.15) is 0 Å². The van der Waals surface area contributed by atoms with Crippen LogP contribution in [0.25, 0.3) is 10.8 Å². The van der Waals surface area contributed by atoms with E-state index in [2.05, 4.69) is 5.32 Å². The first-order valence-corrected chi connectivity index (χ1v) is 9.34. The van der Waals surface area contributed by atoms with E-state index in [0.29, 0.717) is 13.2 Å². The van der Waals surface area contributed by atoms with Crippen LogP contribution < -0.4 is 15.0 Å². The summed E-state index contributed by atoms with van der Waals surface area (Å²) in [7, 11) is 0. The van der Waals surface area contributed by atoms with Crippen LogP contribution in [-0.4, -0.2) is 25.0 Å². The van der Waals surface area contributed by atoms with Crippen LogP contribution in [0.5, 0.6) is 5.75 Å². The lowest BCUT2D eigenvalue weighted by Gasteiger charge is -2.19. The van der Waals surface area contributed by atoms with E-state index in [0.717, 1.165) is 33.3 Å². The van der Waals surface area contributed by atoms with Crippen molar-refractivity contribution in [2.45, 2.75) is 19.9 Å². The highest BCUT2D eigenvalue weighted by atomic mass is 16.5. The van der Waals surface area contributed by atoms with E-state index >= 15 is 0 Å². The number of fused-ring (bicyclic) bond motifs is 2. The van der Waals surface area contributed by atoms with E-state index in [1.807, 2.05) is 67.6 Å². The van der Waals surface area contributed by atoms with Gasteiger partial charge in [-0.1, -0.05) is 54.1 Å². The number of carbonyl (C=O) groups excluding carboxylic acids is 2. The zero-order valence-electron chi connectivity index (χ0n) is 15.9. The summed E-state index contributed by atoms with van der Waals surface area (Å²) in [6, 6.07) is 19.2. The second-order valence-electron chi connectivity index (χ2n) is 7.01. The Morgan fingerprint density at radius 2 is 1.89 bits per heavy atom. The molecule has 1 aliphatic heterocycles. The Hall–Kier alpha value is -3.34. The lowest BCUT2D eigenvalue weighted by molar-refractivity contribution is -0.126. The number of hydrogen-bond acceptors (Lipinski definition) is 3. The van der Waals surface area contributed by atoms with E-state index in [9.17, 15) is 9.59 Å². The molecule has 0 fully saturated rings. The van der Waals surface area contributed by atoms with Gasteiger partial charge in [-0.25, -0.2) is 0 Å². The molecule has 0 aromatic heterocycles. The standard InChI is InChI=1S/C23H22N2O3/c1-15-10-11-20-19(14-15)22(24-16(2)26)23(27)25(20)12-13-28-21-9-5-7-17-6-3-4-8-18(17)21/h3-11,14,22H,12-13H2,1-2H3,(H,24,26)/t22-/m0/s1. The van der Waals surface area contributed by atoms with Gasteiger partial charge in [0.2, 0.25) is 5.91 Å². The summed E-state index contributed by atoms with van der Waals surface area (Å²) < 4.78 is 6.00. The topological polar surface area (TPSA) is 58.6 Å². The highest BCUT2D eigenvalue weighted by molar-refractivity contribution is 6.06. The lowest BCUT2D eigenvalue weighted by Crippen LogP contribution is -2.38. The van der Waals surface area contributed by atoms with E-state index in [1.54, 1.807) is 4.90 Å². The molecule has 142 valence electrons. The minimum absolute atomic E-state index is 0.127. The molecule has 5 heteroatoms. The molecule has 2 amide bonds. The molecule has 28 heavy (non-hydrogen) atoms. The van der Waals surface area contributed by atoms with Crippen LogP contribution in [0.4, 0.5) is 5.69 Å². The van der Waals surface area contributed by atoms with Crippen molar-refractivity contribution in [2.75, 3.05) is 18.1 Å². The summed E-state index contributed by atoms with van der Waals surface area (Å²) in [5, 5.41) is 4.93. The number of amides is 2. The summed E-state index contributed by atoms with van der Waals surface area (Å²) in [6.07, 6.45) is 0. The number of benzene rings is 3. The molecule has 1 heterocycles. The molecule has 1 N–H and O–H groups in total. The Bertz CT molecular complexity index is 1060. The third kappa shape index (κ3) is 3.31. The van der Waals surface area contributed by atoms with Gasteiger partial charge in [0, 0.05) is 23.6 Å². The number of anilines is 1. The van der Waals surface area contributed by atoms with E-state index < -0.39 is 6.04 Å². The quantitative estimate of drug-likeness (QED) is 0.740. The average molecular weight is 374 g/mol. The molecular formula is C23H22N2O3. The monoisotopic (exact) mass is 374 g/mol. The molecule has 0 saturated carbocycles. The lowest BCUT2D eigenvalue weighted by atomic mass is 10.1. The van der Waals surface area contributed by atoms with Gasteiger partial charge in [0.25, 0.3) is 5.91 Å². The van der Waals surface area contributed by atoms with Crippen LogP contribution in [0.1, 0.15) is 24.1 Å². The van der Waals surface area contributed by atoms with Crippen molar-refractivity contribution < 1.29 is 14.3 Å². The second kappa shape index (κ2) is 7.35. The van der Waals surface area contributed by atoms with Crippen molar-refractivity contribution >= 4 is 28.3 Å². The number of nitrogens with one attached hydrogen (secondary N) is 1. The number of aryl methyl sites for hydroxylation is 1. The summed E-state index contributed by atoms with van der Waals surface area (Å²) in [6.45, 7) is 4.17. The smallest absolute Gasteiger partial charge is 0.254 e. The summed E-state index contributed by atoms with van der Waals surface area (Å²) in [5.41, 5.74) is 2.72. The minimum atomic E-state index is -0.634. The molecule has 0 unspecified atom stereocenters. The van der Waals surface area contributed by atoms with Gasteiger partial charge in [-0.3, -0.25) is 9.59 Å². The van der Waals surface area contributed by atoms with Crippen LogP contribution in [0, 0.1) is 6.92 Å². The van der Waals surface area contributed by atoms with Crippen molar-refractivity contribution in [3.8, 4) is 5.75 Å². The molecule has 0 spiro atoms. The fourth-order valence-electron chi connectivity index (χ4n) is 3.70. The molecule has 4 rings (SSSR count).